The molecule has 0 bridgehead atoms. The summed E-state index contributed by atoms with van der Waals surface area (Å²) in [6.45, 7) is 2.01. The summed E-state index contributed by atoms with van der Waals surface area (Å²) in [4.78, 5) is 4.64. The molecular formula is C17H15N3O. The van der Waals surface area contributed by atoms with Gasteiger partial charge in [-0.1, -0.05) is 18.2 Å². The minimum absolute atomic E-state index is 0.591. The summed E-state index contributed by atoms with van der Waals surface area (Å²) in [7, 11) is 3.62. The molecule has 0 unspecified atom stereocenters. The van der Waals surface area contributed by atoms with Gasteiger partial charge in [0.1, 0.15) is 23.2 Å². The predicted octanol–water partition coefficient (Wildman–Crippen LogP) is 3.43. The Morgan fingerprint density at radius 2 is 2.05 bits per heavy atom. The molecule has 0 N–H and O–H groups in total. The van der Waals surface area contributed by atoms with Gasteiger partial charge in [0, 0.05) is 12.6 Å². The molecule has 2 aromatic carbocycles. The highest BCUT2D eigenvalue weighted by atomic mass is 16.5. The molecule has 1 heterocycles. The summed E-state index contributed by atoms with van der Waals surface area (Å²) in [6.07, 6.45) is 0. The van der Waals surface area contributed by atoms with E-state index in [-0.39, 0.29) is 0 Å². The van der Waals surface area contributed by atoms with Crippen molar-refractivity contribution >= 4 is 11.0 Å². The summed E-state index contributed by atoms with van der Waals surface area (Å²) >= 11 is 0. The number of methoxy groups -OCH3 is 1. The van der Waals surface area contributed by atoms with Crippen molar-refractivity contribution in [2.45, 2.75) is 6.92 Å². The zero-order valence-corrected chi connectivity index (χ0v) is 12.2. The molecule has 0 fully saturated rings. The number of hydrogen-bond acceptors (Lipinski definition) is 3. The highest BCUT2D eigenvalue weighted by Crippen LogP contribution is 2.29. The maximum absolute atomic E-state index is 9.21. The number of rotatable bonds is 2. The summed E-state index contributed by atoms with van der Waals surface area (Å²) < 4.78 is 7.38. The van der Waals surface area contributed by atoms with Gasteiger partial charge < -0.3 is 9.30 Å². The van der Waals surface area contributed by atoms with Crippen LogP contribution in [0.5, 0.6) is 5.75 Å². The van der Waals surface area contributed by atoms with Gasteiger partial charge in [0.2, 0.25) is 0 Å². The third-order valence-corrected chi connectivity index (χ3v) is 3.70. The van der Waals surface area contributed by atoms with Gasteiger partial charge in [-0.15, -0.1) is 0 Å². The zero-order chi connectivity index (χ0) is 15.0. The highest BCUT2D eigenvalue weighted by molar-refractivity contribution is 5.85. The van der Waals surface area contributed by atoms with Crippen LogP contribution in [-0.2, 0) is 7.05 Å². The molecule has 4 heteroatoms. The average Bonchev–Trinajstić information content (AvgIpc) is 2.85. The molecule has 0 radical (unpaired) electrons. The molecular weight excluding hydrogens is 262 g/mol. The molecule has 21 heavy (non-hydrogen) atoms. The van der Waals surface area contributed by atoms with E-state index in [4.69, 9.17) is 4.74 Å². The second-order valence-corrected chi connectivity index (χ2v) is 4.96. The number of aryl methyl sites for hydroxylation is 2. The Hall–Kier alpha value is -2.80. The summed E-state index contributed by atoms with van der Waals surface area (Å²) in [5.41, 5.74) is 4.33. The van der Waals surface area contributed by atoms with Crippen LogP contribution in [0.15, 0.2) is 36.4 Å². The van der Waals surface area contributed by atoms with E-state index in [2.05, 4.69) is 11.1 Å². The third kappa shape index (κ3) is 2.03. The van der Waals surface area contributed by atoms with E-state index in [9.17, 15) is 5.26 Å². The number of imidazole rings is 1. The molecule has 3 rings (SSSR count). The first-order valence-electron chi connectivity index (χ1n) is 6.66. The van der Waals surface area contributed by atoms with Crippen LogP contribution in [0.1, 0.15) is 11.1 Å². The predicted molar refractivity (Wildman–Crippen MR) is 82.2 cm³/mol. The SMILES string of the molecule is COc1cc(-c2nc3c(C#N)cccc3n2C)ccc1C. The Morgan fingerprint density at radius 1 is 1.24 bits per heavy atom. The number of nitriles is 1. The first-order valence-corrected chi connectivity index (χ1v) is 6.66. The van der Waals surface area contributed by atoms with Gasteiger partial charge in [-0.25, -0.2) is 4.98 Å². The number of aromatic nitrogens is 2. The minimum Gasteiger partial charge on any atom is -0.496 e. The number of hydrogen-bond donors (Lipinski definition) is 0. The average molecular weight is 277 g/mol. The van der Waals surface area contributed by atoms with Crippen LogP contribution in [0.3, 0.4) is 0 Å². The fourth-order valence-corrected chi connectivity index (χ4v) is 2.52. The summed E-state index contributed by atoms with van der Waals surface area (Å²) in [5.74, 6) is 1.66. The lowest BCUT2D eigenvalue weighted by atomic mass is 10.1. The number of para-hydroxylation sites is 1. The van der Waals surface area contributed by atoms with Gasteiger partial charge in [0.25, 0.3) is 0 Å². The summed E-state index contributed by atoms with van der Waals surface area (Å²) in [5, 5.41) is 9.21. The Morgan fingerprint density at radius 3 is 2.76 bits per heavy atom. The van der Waals surface area contributed by atoms with Crippen molar-refractivity contribution in [1.82, 2.24) is 9.55 Å². The van der Waals surface area contributed by atoms with Gasteiger partial charge in [-0.3, -0.25) is 0 Å². The van der Waals surface area contributed by atoms with E-state index in [1.807, 2.05) is 48.9 Å². The smallest absolute Gasteiger partial charge is 0.141 e. The molecule has 3 aromatic rings. The van der Waals surface area contributed by atoms with Crippen LogP contribution in [0.2, 0.25) is 0 Å². The van der Waals surface area contributed by atoms with Crippen molar-refractivity contribution in [1.29, 1.82) is 5.26 Å². The van der Waals surface area contributed by atoms with E-state index in [0.29, 0.717) is 5.56 Å². The van der Waals surface area contributed by atoms with Crippen molar-refractivity contribution < 1.29 is 4.74 Å². The third-order valence-electron chi connectivity index (χ3n) is 3.70. The Kier molecular flexibility index (Phi) is 3.11. The monoisotopic (exact) mass is 277 g/mol. The van der Waals surface area contributed by atoms with Crippen molar-refractivity contribution in [2.24, 2.45) is 7.05 Å². The first kappa shape index (κ1) is 13.2. The molecule has 0 aliphatic heterocycles. The van der Waals surface area contributed by atoms with Crippen LogP contribution in [0.25, 0.3) is 22.4 Å². The molecule has 104 valence electrons. The lowest BCUT2D eigenvalue weighted by Crippen LogP contribution is -1.94. The number of fused-ring (bicyclic) bond motifs is 1. The first-order chi connectivity index (χ1) is 10.2. The normalized spacial score (nSPS) is 10.6. The zero-order valence-electron chi connectivity index (χ0n) is 12.2. The van der Waals surface area contributed by atoms with Crippen LogP contribution < -0.4 is 4.74 Å². The molecule has 0 spiro atoms. The Balaban J connectivity index is 2.26. The molecule has 4 nitrogen and oxygen atoms in total. The quantitative estimate of drug-likeness (QED) is 0.721. The highest BCUT2D eigenvalue weighted by Gasteiger charge is 2.13. The Labute approximate surface area is 123 Å². The van der Waals surface area contributed by atoms with Crippen molar-refractivity contribution in [3.63, 3.8) is 0 Å². The van der Waals surface area contributed by atoms with E-state index in [1.54, 1.807) is 13.2 Å². The maximum Gasteiger partial charge on any atom is 0.141 e. The van der Waals surface area contributed by atoms with Crippen LogP contribution >= 0.6 is 0 Å². The lowest BCUT2D eigenvalue weighted by molar-refractivity contribution is 0.412. The molecule has 0 aliphatic carbocycles. The van der Waals surface area contributed by atoms with Crippen molar-refractivity contribution in [3.05, 3.63) is 47.5 Å². The number of nitrogens with zero attached hydrogens (tertiary/aromatic N) is 3. The molecule has 1 aromatic heterocycles. The minimum atomic E-state index is 0.591. The fraction of sp³-hybridized carbons (Fsp3) is 0.176. The number of benzene rings is 2. The van der Waals surface area contributed by atoms with Crippen LogP contribution in [0, 0.1) is 18.3 Å². The number of ether oxygens (including phenoxy) is 1. The van der Waals surface area contributed by atoms with E-state index in [1.165, 1.54) is 0 Å². The maximum atomic E-state index is 9.21. The molecule has 0 amide bonds. The molecule has 0 atom stereocenters. The largest absolute Gasteiger partial charge is 0.496 e. The van der Waals surface area contributed by atoms with Gasteiger partial charge in [0.05, 0.1) is 18.2 Å². The van der Waals surface area contributed by atoms with Crippen molar-refractivity contribution in [3.8, 4) is 23.2 Å². The van der Waals surface area contributed by atoms with E-state index >= 15 is 0 Å². The van der Waals surface area contributed by atoms with Gasteiger partial charge in [-0.2, -0.15) is 5.26 Å². The Bertz CT molecular complexity index is 872. The second-order valence-electron chi connectivity index (χ2n) is 4.96. The van der Waals surface area contributed by atoms with Crippen LogP contribution in [-0.4, -0.2) is 16.7 Å². The summed E-state index contributed by atoms with van der Waals surface area (Å²) in [6, 6.07) is 13.8. The lowest BCUT2D eigenvalue weighted by Gasteiger charge is -2.07. The van der Waals surface area contributed by atoms with E-state index < -0.39 is 0 Å². The van der Waals surface area contributed by atoms with E-state index in [0.717, 1.165) is 33.7 Å². The molecule has 0 aliphatic rings. The topological polar surface area (TPSA) is 50.8 Å². The van der Waals surface area contributed by atoms with Crippen molar-refractivity contribution in [2.75, 3.05) is 7.11 Å². The molecule has 0 saturated heterocycles. The van der Waals surface area contributed by atoms with Gasteiger partial charge in [-0.05, 0) is 30.7 Å². The fourth-order valence-electron chi connectivity index (χ4n) is 2.52. The van der Waals surface area contributed by atoms with Crippen LogP contribution in [0.4, 0.5) is 0 Å². The second kappa shape index (κ2) is 4.95. The molecule has 0 saturated carbocycles. The van der Waals surface area contributed by atoms with Gasteiger partial charge >= 0.3 is 0 Å². The van der Waals surface area contributed by atoms with Gasteiger partial charge in [0.15, 0.2) is 0 Å². The standard InChI is InChI=1S/C17H15N3O/c1-11-7-8-12(9-15(11)21-3)17-19-16-13(10-18)5-4-6-14(16)20(17)2/h4-9H,1-3H3.